The van der Waals surface area contributed by atoms with Crippen molar-refractivity contribution in [2.45, 2.75) is 20.0 Å². The molecule has 25 heavy (non-hydrogen) atoms. The van der Waals surface area contributed by atoms with Crippen LogP contribution in [0, 0.1) is 5.82 Å². The summed E-state index contributed by atoms with van der Waals surface area (Å²) in [4.78, 5) is 14.3. The Balaban J connectivity index is 1.80. The monoisotopic (exact) mass is 339 g/mol. The van der Waals surface area contributed by atoms with E-state index in [0.717, 1.165) is 11.1 Å². The minimum Gasteiger partial charge on any atom is -0.337 e. The van der Waals surface area contributed by atoms with Crippen molar-refractivity contribution in [1.82, 2.24) is 25.1 Å². The summed E-state index contributed by atoms with van der Waals surface area (Å²) in [6.07, 6.45) is 0. The second-order valence-corrected chi connectivity index (χ2v) is 5.69. The van der Waals surface area contributed by atoms with E-state index in [9.17, 15) is 9.18 Å². The summed E-state index contributed by atoms with van der Waals surface area (Å²) in [5.41, 5.74) is 2.20. The molecule has 6 nitrogen and oxygen atoms in total. The molecule has 0 aliphatic carbocycles. The first-order valence-electron chi connectivity index (χ1n) is 7.95. The highest BCUT2D eigenvalue weighted by Gasteiger charge is 2.15. The van der Waals surface area contributed by atoms with Crippen molar-refractivity contribution in [2.24, 2.45) is 0 Å². The van der Waals surface area contributed by atoms with Crippen molar-refractivity contribution in [3.05, 3.63) is 65.5 Å². The summed E-state index contributed by atoms with van der Waals surface area (Å²) in [7, 11) is 1.72. The summed E-state index contributed by atoms with van der Waals surface area (Å²) < 4.78 is 14.7. The lowest BCUT2D eigenvalue weighted by atomic mass is 10.1. The number of aryl methyl sites for hydroxylation is 1. The normalized spacial score (nSPS) is 10.7. The first-order chi connectivity index (χ1) is 12.1. The van der Waals surface area contributed by atoms with Crippen LogP contribution in [0.3, 0.4) is 0 Å². The molecule has 7 heteroatoms. The third-order valence-corrected chi connectivity index (χ3v) is 3.88. The number of amides is 1. The fourth-order valence-corrected chi connectivity index (χ4v) is 2.57. The number of hydrogen-bond acceptors (Lipinski definition) is 4. The summed E-state index contributed by atoms with van der Waals surface area (Å²) in [5.74, 6) is 0.208. The van der Waals surface area contributed by atoms with Crippen LogP contribution in [-0.2, 0) is 13.1 Å². The molecule has 0 N–H and O–H groups in total. The Morgan fingerprint density at radius 3 is 2.68 bits per heavy atom. The number of halogens is 1. The van der Waals surface area contributed by atoms with Crippen LogP contribution >= 0.6 is 0 Å². The molecule has 3 rings (SSSR count). The minimum absolute atomic E-state index is 0.123. The van der Waals surface area contributed by atoms with E-state index < -0.39 is 0 Å². The van der Waals surface area contributed by atoms with E-state index in [1.165, 1.54) is 12.1 Å². The van der Waals surface area contributed by atoms with E-state index >= 15 is 0 Å². The molecule has 0 spiro atoms. The average molecular weight is 339 g/mol. The van der Waals surface area contributed by atoms with Gasteiger partial charge in [0.05, 0.1) is 0 Å². The van der Waals surface area contributed by atoms with Gasteiger partial charge in [-0.25, -0.2) is 9.07 Å². The van der Waals surface area contributed by atoms with Gasteiger partial charge in [-0.3, -0.25) is 4.79 Å². The molecule has 0 atom stereocenters. The highest BCUT2D eigenvalue weighted by molar-refractivity contribution is 5.95. The van der Waals surface area contributed by atoms with Crippen LogP contribution in [0.2, 0.25) is 0 Å². The lowest BCUT2D eigenvalue weighted by Crippen LogP contribution is -2.26. The molecule has 0 aliphatic heterocycles. The van der Waals surface area contributed by atoms with Crippen LogP contribution < -0.4 is 0 Å². The molecular weight excluding hydrogens is 321 g/mol. The Kier molecular flexibility index (Phi) is 4.83. The van der Waals surface area contributed by atoms with Crippen molar-refractivity contribution in [3.63, 3.8) is 0 Å². The molecule has 1 heterocycles. The van der Waals surface area contributed by atoms with Gasteiger partial charge in [-0.2, -0.15) is 0 Å². The number of aromatic nitrogens is 4. The van der Waals surface area contributed by atoms with E-state index in [1.54, 1.807) is 40.9 Å². The highest BCUT2D eigenvalue weighted by atomic mass is 19.1. The van der Waals surface area contributed by atoms with Gasteiger partial charge in [0, 0.05) is 31.3 Å². The molecule has 2 aromatic carbocycles. The topological polar surface area (TPSA) is 63.9 Å². The molecule has 0 saturated heterocycles. The van der Waals surface area contributed by atoms with E-state index in [1.807, 2.05) is 19.1 Å². The molecule has 0 aliphatic rings. The van der Waals surface area contributed by atoms with E-state index in [2.05, 4.69) is 15.5 Å². The molecule has 3 aromatic rings. The third-order valence-electron chi connectivity index (χ3n) is 3.88. The molecule has 1 amide bonds. The van der Waals surface area contributed by atoms with Gasteiger partial charge in [-0.05, 0) is 47.2 Å². The van der Waals surface area contributed by atoms with Gasteiger partial charge in [-0.1, -0.05) is 24.3 Å². The smallest absolute Gasteiger partial charge is 0.253 e. The largest absolute Gasteiger partial charge is 0.337 e. The lowest BCUT2D eigenvalue weighted by Gasteiger charge is -2.17. The van der Waals surface area contributed by atoms with Crippen LogP contribution in [0.1, 0.15) is 22.8 Å². The first-order valence-corrected chi connectivity index (χ1v) is 7.95. The minimum atomic E-state index is -0.293. The maximum absolute atomic E-state index is 13.0. The molecular formula is C18H18FN5O. The fraction of sp³-hybridized carbons (Fsp3) is 0.222. The van der Waals surface area contributed by atoms with Crippen molar-refractivity contribution in [2.75, 3.05) is 7.05 Å². The Bertz CT molecular complexity index is 875. The number of carbonyl (C=O) groups is 1. The Hall–Kier alpha value is -3.09. The van der Waals surface area contributed by atoms with E-state index in [0.29, 0.717) is 24.5 Å². The summed E-state index contributed by atoms with van der Waals surface area (Å²) in [6.45, 7) is 2.99. The predicted octanol–water partition coefficient (Wildman–Crippen LogP) is 2.77. The van der Waals surface area contributed by atoms with Crippen molar-refractivity contribution >= 4 is 5.91 Å². The van der Waals surface area contributed by atoms with Gasteiger partial charge in [0.25, 0.3) is 5.91 Å². The van der Waals surface area contributed by atoms with Gasteiger partial charge >= 0.3 is 0 Å². The summed E-state index contributed by atoms with van der Waals surface area (Å²) in [5, 5.41) is 11.6. The fourth-order valence-electron chi connectivity index (χ4n) is 2.57. The standard InChI is InChI=1S/C18H18FN5O/c1-3-24-17(20-21-22-24)14-5-4-6-15(11-14)18(25)23(2)12-13-7-9-16(19)10-8-13/h4-11H,3,12H2,1-2H3. The zero-order valence-corrected chi connectivity index (χ0v) is 14.1. The van der Waals surface area contributed by atoms with Crippen LogP contribution in [0.4, 0.5) is 4.39 Å². The lowest BCUT2D eigenvalue weighted by molar-refractivity contribution is 0.0785. The molecule has 128 valence electrons. The van der Waals surface area contributed by atoms with Gasteiger partial charge in [-0.15, -0.1) is 5.10 Å². The average Bonchev–Trinajstić information content (AvgIpc) is 3.12. The number of hydrogen-bond donors (Lipinski definition) is 0. The second-order valence-electron chi connectivity index (χ2n) is 5.69. The molecule has 1 aromatic heterocycles. The van der Waals surface area contributed by atoms with Crippen LogP contribution in [0.15, 0.2) is 48.5 Å². The van der Waals surface area contributed by atoms with Gasteiger partial charge < -0.3 is 4.90 Å². The summed E-state index contributed by atoms with van der Waals surface area (Å²) >= 11 is 0. The molecule has 0 radical (unpaired) electrons. The zero-order chi connectivity index (χ0) is 17.8. The first kappa shape index (κ1) is 16.8. The van der Waals surface area contributed by atoms with Crippen LogP contribution in [0.5, 0.6) is 0 Å². The maximum atomic E-state index is 13.0. The van der Waals surface area contributed by atoms with Gasteiger partial charge in [0.2, 0.25) is 0 Å². The van der Waals surface area contributed by atoms with Crippen molar-refractivity contribution < 1.29 is 9.18 Å². The van der Waals surface area contributed by atoms with Crippen molar-refractivity contribution in [3.8, 4) is 11.4 Å². The zero-order valence-electron chi connectivity index (χ0n) is 14.1. The van der Waals surface area contributed by atoms with Gasteiger partial charge in [0.15, 0.2) is 5.82 Å². The number of carbonyl (C=O) groups excluding carboxylic acids is 1. The molecule has 0 fully saturated rings. The van der Waals surface area contributed by atoms with Crippen LogP contribution in [0.25, 0.3) is 11.4 Å². The number of nitrogens with zero attached hydrogens (tertiary/aromatic N) is 5. The second kappa shape index (κ2) is 7.21. The highest BCUT2D eigenvalue weighted by Crippen LogP contribution is 2.18. The Morgan fingerprint density at radius 1 is 1.20 bits per heavy atom. The maximum Gasteiger partial charge on any atom is 0.253 e. The number of benzene rings is 2. The predicted molar refractivity (Wildman–Crippen MR) is 91.1 cm³/mol. The van der Waals surface area contributed by atoms with E-state index in [-0.39, 0.29) is 11.7 Å². The Morgan fingerprint density at radius 2 is 1.96 bits per heavy atom. The molecule has 0 saturated carbocycles. The van der Waals surface area contributed by atoms with Gasteiger partial charge in [0.1, 0.15) is 5.82 Å². The molecule has 0 unspecified atom stereocenters. The summed E-state index contributed by atoms with van der Waals surface area (Å²) in [6, 6.07) is 13.3. The van der Waals surface area contributed by atoms with Crippen molar-refractivity contribution in [1.29, 1.82) is 0 Å². The quantitative estimate of drug-likeness (QED) is 0.717. The third kappa shape index (κ3) is 3.71. The number of tetrazole rings is 1. The molecule has 0 bridgehead atoms. The SMILES string of the molecule is CCn1nnnc1-c1cccc(C(=O)N(C)Cc2ccc(F)cc2)c1. The Labute approximate surface area is 144 Å². The van der Waals surface area contributed by atoms with E-state index in [4.69, 9.17) is 0 Å². The van der Waals surface area contributed by atoms with Crippen LogP contribution in [-0.4, -0.2) is 38.1 Å². The number of rotatable bonds is 5.